The van der Waals surface area contributed by atoms with E-state index in [1.165, 1.54) is 31.5 Å². The molecule has 0 aromatic heterocycles. The maximum absolute atomic E-state index is 10.8. The molecule has 3 rings (SSSR count). The standard InChI is InChI=1S/C22H36N6O3/c1-2-27-12-3-5-21(27)18-25-22(23-10-4-11-26-13-15-31-16-14-26)24-17-19-6-8-20(9-7-19)28(29)30/h6-9,21H,2-5,10-18H2,1H3,(H2,23,24,25). The van der Waals surface area contributed by atoms with Crippen LogP contribution in [0, 0.1) is 10.1 Å². The van der Waals surface area contributed by atoms with Gasteiger partial charge in [-0.3, -0.25) is 19.9 Å². The van der Waals surface area contributed by atoms with Crippen molar-refractivity contribution in [2.75, 3.05) is 59.0 Å². The quantitative estimate of drug-likeness (QED) is 0.191. The number of nitrogens with one attached hydrogen (secondary N) is 2. The van der Waals surface area contributed by atoms with Gasteiger partial charge in [-0.2, -0.15) is 0 Å². The van der Waals surface area contributed by atoms with Gasteiger partial charge in [0.05, 0.1) is 24.7 Å². The van der Waals surface area contributed by atoms with Crippen molar-refractivity contribution >= 4 is 11.6 Å². The number of guanidine groups is 1. The number of nitro benzene ring substituents is 1. The molecule has 9 heteroatoms. The summed E-state index contributed by atoms with van der Waals surface area (Å²) in [7, 11) is 0. The molecule has 9 nitrogen and oxygen atoms in total. The topological polar surface area (TPSA) is 95.3 Å². The molecule has 0 bridgehead atoms. The first kappa shape index (κ1) is 23.4. The molecular weight excluding hydrogens is 396 g/mol. The molecule has 1 aromatic carbocycles. The zero-order chi connectivity index (χ0) is 21.9. The Hall–Kier alpha value is -2.23. The molecule has 0 spiro atoms. The van der Waals surface area contributed by atoms with E-state index in [0.29, 0.717) is 12.6 Å². The molecule has 2 aliphatic heterocycles. The van der Waals surface area contributed by atoms with Crippen LogP contribution in [-0.4, -0.2) is 85.8 Å². The van der Waals surface area contributed by atoms with E-state index < -0.39 is 0 Å². The minimum absolute atomic E-state index is 0.105. The molecule has 172 valence electrons. The Morgan fingerprint density at radius 2 is 2.00 bits per heavy atom. The Morgan fingerprint density at radius 3 is 2.71 bits per heavy atom. The lowest BCUT2D eigenvalue weighted by molar-refractivity contribution is -0.384. The molecule has 0 aliphatic carbocycles. The van der Waals surface area contributed by atoms with Crippen molar-refractivity contribution < 1.29 is 9.66 Å². The number of hydrogen-bond donors (Lipinski definition) is 2. The summed E-state index contributed by atoms with van der Waals surface area (Å²) in [6.07, 6.45) is 3.51. The Kier molecular flexibility index (Phi) is 9.51. The summed E-state index contributed by atoms with van der Waals surface area (Å²) < 4.78 is 5.41. The number of non-ortho nitro benzene ring substituents is 1. The number of ether oxygens (including phenoxy) is 1. The highest BCUT2D eigenvalue weighted by Gasteiger charge is 2.22. The van der Waals surface area contributed by atoms with Crippen LogP contribution in [0.25, 0.3) is 0 Å². The van der Waals surface area contributed by atoms with E-state index >= 15 is 0 Å². The fraction of sp³-hybridized carbons (Fsp3) is 0.682. The van der Waals surface area contributed by atoms with Gasteiger partial charge in [0.2, 0.25) is 0 Å². The summed E-state index contributed by atoms with van der Waals surface area (Å²) in [6.45, 7) is 11.4. The number of hydrogen-bond acceptors (Lipinski definition) is 6. The van der Waals surface area contributed by atoms with E-state index in [1.807, 2.05) is 0 Å². The number of nitrogens with zero attached hydrogens (tertiary/aromatic N) is 4. The van der Waals surface area contributed by atoms with Crippen molar-refractivity contribution in [3.05, 3.63) is 39.9 Å². The molecule has 1 atom stereocenters. The van der Waals surface area contributed by atoms with Gasteiger partial charge in [0, 0.05) is 44.4 Å². The second kappa shape index (κ2) is 12.6. The number of aliphatic imine (C=N–C) groups is 1. The summed E-state index contributed by atoms with van der Waals surface area (Å²) in [5.41, 5.74) is 1.06. The van der Waals surface area contributed by atoms with Crippen LogP contribution in [0.2, 0.25) is 0 Å². The highest BCUT2D eigenvalue weighted by molar-refractivity contribution is 5.79. The lowest BCUT2D eigenvalue weighted by atomic mass is 10.2. The zero-order valence-corrected chi connectivity index (χ0v) is 18.6. The van der Waals surface area contributed by atoms with Crippen LogP contribution in [0.4, 0.5) is 5.69 Å². The molecule has 2 fully saturated rings. The molecular formula is C22H36N6O3. The fourth-order valence-electron chi connectivity index (χ4n) is 4.16. The van der Waals surface area contributed by atoms with Crippen LogP contribution in [-0.2, 0) is 11.3 Å². The maximum atomic E-state index is 10.8. The molecule has 2 saturated heterocycles. The Balaban J connectivity index is 1.51. The largest absolute Gasteiger partial charge is 0.379 e. The maximum Gasteiger partial charge on any atom is 0.269 e. The van der Waals surface area contributed by atoms with E-state index in [0.717, 1.165) is 70.4 Å². The zero-order valence-electron chi connectivity index (χ0n) is 18.6. The van der Waals surface area contributed by atoms with Crippen molar-refractivity contribution in [3.63, 3.8) is 0 Å². The van der Waals surface area contributed by atoms with Crippen LogP contribution in [0.5, 0.6) is 0 Å². The second-order valence-electron chi connectivity index (χ2n) is 8.13. The monoisotopic (exact) mass is 432 g/mol. The second-order valence-corrected chi connectivity index (χ2v) is 8.13. The average molecular weight is 433 g/mol. The summed E-state index contributed by atoms with van der Waals surface area (Å²) in [5, 5.41) is 17.8. The molecule has 2 aliphatic rings. The van der Waals surface area contributed by atoms with Crippen LogP contribution < -0.4 is 10.6 Å². The smallest absolute Gasteiger partial charge is 0.269 e. The van der Waals surface area contributed by atoms with Crippen LogP contribution in [0.1, 0.15) is 31.7 Å². The number of rotatable bonds is 10. The first-order valence-corrected chi connectivity index (χ1v) is 11.5. The first-order valence-electron chi connectivity index (χ1n) is 11.5. The van der Waals surface area contributed by atoms with Crippen molar-refractivity contribution in [2.24, 2.45) is 4.99 Å². The Bertz CT molecular complexity index is 706. The summed E-state index contributed by atoms with van der Waals surface area (Å²) >= 11 is 0. The summed E-state index contributed by atoms with van der Waals surface area (Å²) in [5.74, 6) is 0.809. The molecule has 0 amide bonds. The van der Waals surface area contributed by atoms with Crippen LogP contribution >= 0.6 is 0 Å². The van der Waals surface area contributed by atoms with Gasteiger partial charge in [-0.1, -0.05) is 19.1 Å². The first-order chi connectivity index (χ1) is 15.2. The molecule has 0 saturated carbocycles. The van der Waals surface area contributed by atoms with E-state index in [9.17, 15) is 10.1 Å². The van der Waals surface area contributed by atoms with Gasteiger partial charge in [0.25, 0.3) is 5.69 Å². The van der Waals surface area contributed by atoms with Gasteiger partial charge in [0.1, 0.15) is 0 Å². The molecule has 2 N–H and O–H groups in total. The lowest BCUT2D eigenvalue weighted by Crippen LogP contribution is -2.45. The van der Waals surface area contributed by atoms with Crippen molar-refractivity contribution in [1.29, 1.82) is 0 Å². The number of nitro groups is 1. The van der Waals surface area contributed by atoms with E-state index in [-0.39, 0.29) is 10.6 Å². The minimum atomic E-state index is -0.378. The summed E-state index contributed by atoms with van der Waals surface area (Å²) in [4.78, 5) is 20.2. The molecule has 1 aromatic rings. The molecule has 1 unspecified atom stereocenters. The number of likely N-dealkylation sites (N-methyl/N-ethyl adjacent to an activating group) is 1. The third-order valence-electron chi connectivity index (χ3n) is 6.02. The lowest BCUT2D eigenvalue weighted by Gasteiger charge is -2.27. The predicted octanol–water partition coefficient (Wildman–Crippen LogP) is 1.84. The fourth-order valence-corrected chi connectivity index (χ4v) is 4.16. The van der Waals surface area contributed by atoms with Crippen molar-refractivity contribution in [3.8, 4) is 0 Å². The SMILES string of the molecule is CCN1CCCC1CNC(=NCc1ccc([N+](=O)[O-])cc1)NCCCN1CCOCC1. The van der Waals surface area contributed by atoms with E-state index in [2.05, 4.69) is 27.4 Å². The highest BCUT2D eigenvalue weighted by atomic mass is 16.6. The number of benzene rings is 1. The van der Waals surface area contributed by atoms with E-state index in [4.69, 9.17) is 9.73 Å². The van der Waals surface area contributed by atoms with Gasteiger partial charge in [-0.15, -0.1) is 0 Å². The van der Waals surface area contributed by atoms with Gasteiger partial charge in [-0.25, -0.2) is 4.99 Å². The van der Waals surface area contributed by atoms with Crippen LogP contribution in [0.15, 0.2) is 29.3 Å². The average Bonchev–Trinajstić information content (AvgIpc) is 3.26. The minimum Gasteiger partial charge on any atom is -0.379 e. The highest BCUT2D eigenvalue weighted by Crippen LogP contribution is 2.15. The number of morpholine rings is 1. The van der Waals surface area contributed by atoms with Gasteiger partial charge in [0.15, 0.2) is 5.96 Å². The third kappa shape index (κ3) is 7.75. The van der Waals surface area contributed by atoms with Gasteiger partial charge >= 0.3 is 0 Å². The third-order valence-corrected chi connectivity index (χ3v) is 6.02. The van der Waals surface area contributed by atoms with Gasteiger partial charge < -0.3 is 15.4 Å². The summed E-state index contributed by atoms with van der Waals surface area (Å²) in [6, 6.07) is 7.15. The Labute approximate surface area is 185 Å². The van der Waals surface area contributed by atoms with E-state index in [1.54, 1.807) is 12.1 Å². The van der Waals surface area contributed by atoms with Gasteiger partial charge in [-0.05, 0) is 44.5 Å². The normalized spacial score (nSPS) is 20.7. The predicted molar refractivity (Wildman–Crippen MR) is 122 cm³/mol. The van der Waals surface area contributed by atoms with Crippen molar-refractivity contribution in [2.45, 2.75) is 38.8 Å². The number of likely N-dealkylation sites (tertiary alicyclic amines) is 1. The molecule has 2 heterocycles. The Morgan fingerprint density at radius 1 is 1.23 bits per heavy atom. The molecule has 0 radical (unpaired) electrons. The van der Waals surface area contributed by atoms with Crippen molar-refractivity contribution in [1.82, 2.24) is 20.4 Å². The molecule has 31 heavy (non-hydrogen) atoms. The van der Waals surface area contributed by atoms with Crippen LogP contribution in [0.3, 0.4) is 0 Å².